The van der Waals surface area contributed by atoms with E-state index in [1.165, 1.54) is 12.1 Å². The van der Waals surface area contributed by atoms with Gasteiger partial charge in [0.05, 0.1) is 17.5 Å². The third kappa shape index (κ3) is 3.83. The van der Waals surface area contributed by atoms with E-state index >= 15 is 0 Å². The summed E-state index contributed by atoms with van der Waals surface area (Å²) in [4.78, 5) is 0.154. The fourth-order valence-corrected chi connectivity index (χ4v) is 3.73. The lowest BCUT2D eigenvalue weighted by molar-refractivity contribution is 0.259. The highest BCUT2D eigenvalue weighted by molar-refractivity contribution is 7.89. The van der Waals surface area contributed by atoms with Crippen LogP contribution in [0.4, 0.5) is 0 Å². The van der Waals surface area contributed by atoms with E-state index in [-0.39, 0.29) is 11.5 Å². The van der Waals surface area contributed by atoms with Gasteiger partial charge >= 0.3 is 0 Å². The first kappa shape index (κ1) is 16.0. The summed E-state index contributed by atoms with van der Waals surface area (Å²) in [5.41, 5.74) is 1.26. The summed E-state index contributed by atoms with van der Waals surface area (Å²) in [5, 5.41) is 9.93. The summed E-state index contributed by atoms with van der Waals surface area (Å²) in [5.74, 6) is 0. The lowest BCUT2D eigenvalue weighted by atomic mass is 10.1. The predicted molar refractivity (Wildman–Crippen MR) is 82.8 cm³/mol. The van der Waals surface area contributed by atoms with Crippen LogP contribution in [0.2, 0.25) is 5.02 Å². The molecule has 112 valence electrons. The molecule has 2 rings (SSSR count). The average molecular weight is 326 g/mol. The highest BCUT2D eigenvalue weighted by atomic mass is 35.5. The van der Waals surface area contributed by atoms with E-state index in [1.807, 2.05) is 6.07 Å². The second-order valence-corrected chi connectivity index (χ2v) is 6.80. The summed E-state index contributed by atoms with van der Waals surface area (Å²) in [6, 6.07) is 12.8. The summed E-state index contributed by atoms with van der Waals surface area (Å²) < 4.78 is 27.4. The minimum Gasteiger partial charge on any atom is -0.394 e. The van der Waals surface area contributed by atoms with Crippen LogP contribution in [0.5, 0.6) is 0 Å². The molecular formula is C15H16ClNO3S. The van der Waals surface area contributed by atoms with Gasteiger partial charge in [-0.05, 0) is 36.2 Å². The summed E-state index contributed by atoms with van der Waals surface area (Å²) in [6.45, 7) is 1.35. The molecule has 0 radical (unpaired) electrons. The van der Waals surface area contributed by atoms with Crippen molar-refractivity contribution in [1.29, 1.82) is 0 Å². The first-order chi connectivity index (χ1) is 9.94. The van der Waals surface area contributed by atoms with Gasteiger partial charge < -0.3 is 5.11 Å². The smallest absolute Gasteiger partial charge is 0.241 e. The zero-order valence-corrected chi connectivity index (χ0v) is 13.0. The predicted octanol–water partition coefficient (Wildman–Crippen LogP) is 2.66. The van der Waals surface area contributed by atoms with Gasteiger partial charge in [-0.1, -0.05) is 41.9 Å². The van der Waals surface area contributed by atoms with Crippen molar-refractivity contribution in [3.8, 4) is 0 Å². The van der Waals surface area contributed by atoms with E-state index in [0.717, 1.165) is 0 Å². The number of aliphatic hydroxyl groups excluding tert-OH is 1. The van der Waals surface area contributed by atoms with Gasteiger partial charge in [-0.3, -0.25) is 0 Å². The molecule has 0 aromatic heterocycles. The van der Waals surface area contributed by atoms with Crippen LogP contribution in [-0.4, -0.2) is 20.1 Å². The summed E-state index contributed by atoms with van der Waals surface area (Å²) in [7, 11) is -3.74. The van der Waals surface area contributed by atoms with Crippen LogP contribution >= 0.6 is 11.6 Å². The number of nitrogens with one attached hydrogen (secondary N) is 1. The number of hydrogen-bond donors (Lipinski definition) is 2. The largest absolute Gasteiger partial charge is 0.394 e. The number of benzene rings is 2. The van der Waals surface area contributed by atoms with Crippen LogP contribution in [0.25, 0.3) is 0 Å². The Morgan fingerprint density at radius 2 is 1.86 bits per heavy atom. The topological polar surface area (TPSA) is 66.4 Å². The Morgan fingerprint density at radius 3 is 2.43 bits per heavy atom. The number of halogens is 1. The quantitative estimate of drug-likeness (QED) is 0.888. The number of sulfonamides is 1. The van der Waals surface area contributed by atoms with Crippen LogP contribution in [0.15, 0.2) is 53.4 Å². The van der Waals surface area contributed by atoms with Gasteiger partial charge in [0.2, 0.25) is 10.0 Å². The Hall–Kier alpha value is -1.40. The van der Waals surface area contributed by atoms with Crippen molar-refractivity contribution in [2.24, 2.45) is 0 Å². The molecule has 0 saturated heterocycles. The molecule has 1 atom stereocenters. The molecule has 21 heavy (non-hydrogen) atoms. The zero-order valence-electron chi connectivity index (χ0n) is 11.5. The molecule has 4 nitrogen and oxygen atoms in total. The Bertz CT molecular complexity index is 717. The highest BCUT2D eigenvalue weighted by Gasteiger charge is 2.22. The van der Waals surface area contributed by atoms with Crippen LogP contribution < -0.4 is 4.72 Å². The Kier molecular flexibility index (Phi) is 5.00. The number of hydrogen-bond acceptors (Lipinski definition) is 3. The van der Waals surface area contributed by atoms with Crippen molar-refractivity contribution in [3.63, 3.8) is 0 Å². The van der Waals surface area contributed by atoms with Gasteiger partial charge in [0, 0.05) is 5.02 Å². The Morgan fingerprint density at radius 1 is 1.19 bits per heavy atom. The van der Waals surface area contributed by atoms with Gasteiger partial charge in [-0.2, -0.15) is 0 Å². The van der Waals surface area contributed by atoms with E-state index in [2.05, 4.69) is 4.72 Å². The lowest BCUT2D eigenvalue weighted by Crippen LogP contribution is -2.31. The van der Waals surface area contributed by atoms with Crippen molar-refractivity contribution in [3.05, 3.63) is 64.7 Å². The van der Waals surface area contributed by atoms with Gasteiger partial charge in [0.15, 0.2) is 0 Å². The van der Waals surface area contributed by atoms with Gasteiger partial charge in [0.1, 0.15) is 0 Å². The van der Waals surface area contributed by atoms with Crippen molar-refractivity contribution in [1.82, 2.24) is 4.72 Å². The minimum absolute atomic E-state index is 0.154. The molecule has 2 aromatic carbocycles. The van der Waals surface area contributed by atoms with E-state index in [0.29, 0.717) is 16.1 Å². The standard InChI is InChI=1S/C15H16ClNO3S/c1-11-9-13(16)7-8-15(11)21(19,20)17-14(10-18)12-5-3-2-4-6-12/h2-9,14,17-18H,10H2,1H3/t14-/m1/s1. The molecule has 2 N–H and O–H groups in total. The highest BCUT2D eigenvalue weighted by Crippen LogP contribution is 2.22. The molecule has 0 aliphatic heterocycles. The lowest BCUT2D eigenvalue weighted by Gasteiger charge is -2.18. The van der Waals surface area contributed by atoms with Crippen molar-refractivity contribution < 1.29 is 13.5 Å². The molecule has 2 aromatic rings. The third-order valence-corrected chi connectivity index (χ3v) is 4.98. The summed E-state index contributed by atoms with van der Waals surface area (Å²) >= 11 is 5.84. The van der Waals surface area contributed by atoms with Crippen LogP contribution in [0, 0.1) is 6.92 Å². The molecule has 6 heteroatoms. The Labute approximate surface area is 129 Å². The maximum atomic E-state index is 12.4. The van der Waals surface area contributed by atoms with Crippen molar-refractivity contribution >= 4 is 21.6 Å². The number of aryl methyl sites for hydroxylation is 1. The number of rotatable bonds is 5. The molecule has 0 unspecified atom stereocenters. The fraction of sp³-hybridized carbons (Fsp3) is 0.200. The fourth-order valence-electron chi connectivity index (χ4n) is 2.06. The second-order valence-electron chi connectivity index (χ2n) is 4.68. The molecule has 0 spiro atoms. The molecule has 0 aliphatic carbocycles. The monoisotopic (exact) mass is 325 g/mol. The molecular weight excluding hydrogens is 310 g/mol. The number of aliphatic hydroxyl groups is 1. The molecule has 0 aliphatic rings. The Balaban J connectivity index is 2.32. The van der Waals surface area contributed by atoms with Gasteiger partial charge in [-0.15, -0.1) is 0 Å². The minimum atomic E-state index is -3.74. The van der Waals surface area contributed by atoms with Crippen LogP contribution in [0.3, 0.4) is 0 Å². The normalized spacial score (nSPS) is 13.1. The van der Waals surface area contributed by atoms with Gasteiger partial charge in [-0.25, -0.2) is 13.1 Å². The first-order valence-electron chi connectivity index (χ1n) is 6.38. The SMILES string of the molecule is Cc1cc(Cl)ccc1S(=O)(=O)N[C@H](CO)c1ccccc1. The molecule has 0 heterocycles. The van der Waals surface area contributed by atoms with E-state index in [9.17, 15) is 13.5 Å². The van der Waals surface area contributed by atoms with E-state index in [1.54, 1.807) is 37.3 Å². The summed E-state index contributed by atoms with van der Waals surface area (Å²) in [6.07, 6.45) is 0. The van der Waals surface area contributed by atoms with Crippen molar-refractivity contribution in [2.45, 2.75) is 17.9 Å². The van der Waals surface area contributed by atoms with E-state index in [4.69, 9.17) is 11.6 Å². The van der Waals surface area contributed by atoms with Crippen LogP contribution in [0.1, 0.15) is 17.2 Å². The first-order valence-corrected chi connectivity index (χ1v) is 8.24. The second kappa shape index (κ2) is 6.58. The molecule has 0 saturated carbocycles. The molecule has 0 fully saturated rings. The average Bonchev–Trinajstić information content (AvgIpc) is 2.45. The molecule has 0 bridgehead atoms. The molecule has 0 amide bonds. The maximum absolute atomic E-state index is 12.4. The van der Waals surface area contributed by atoms with Crippen molar-refractivity contribution in [2.75, 3.05) is 6.61 Å². The van der Waals surface area contributed by atoms with Gasteiger partial charge in [0.25, 0.3) is 0 Å². The maximum Gasteiger partial charge on any atom is 0.241 e. The zero-order chi connectivity index (χ0) is 15.5. The van der Waals surface area contributed by atoms with E-state index < -0.39 is 16.1 Å². The van der Waals surface area contributed by atoms with Crippen LogP contribution in [-0.2, 0) is 10.0 Å². The third-order valence-electron chi connectivity index (χ3n) is 3.11.